The first kappa shape index (κ1) is 26.7. The molecule has 4 aromatic carbocycles. The van der Waals surface area contributed by atoms with Crippen LogP contribution in [0.25, 0.3) is 16.8 Å². The van der Waals surface area contributed by atoms with Gasteiger partial charge >= 0.3 is 0 Å². The maximum absolute atomic E-state index is 11.5. The summed E-state index contributed by atoms with van der Waals surface area (Å²) in [6.07, 6.45) is 3.75. The Kier molecular flexibility index (Phi) is 8.69. The molecule has 5 rings (SSSR count). The molecular weight excluding hydrogens is 497 g/mol. The first-order valence-electron chi connectivity index (χ1n) is 11.1. The molecule has 0 amide bonds. The van der Waals surface area contributed by atoms with E-state index in [4.69, 9.17) is 9.73 Å². The van der Waals surface area contributed by atoms with Gasteiger partial charge in [-0.1, -0.05) is 54.6 Å². The van der Waals surface area contributed by atoms with E-state index in [0.717, 1.165) is 34.3 Å². The van der Waals surface area contributed by atoms with E-state index in [-0.39, 0.29) is 30.5 Å². The zero-order valence-corrected chi connectivity index (χ0v) is 21.2. The number of fused-ring (bicyclic) bond motifs is 2. The second-order valence-electron chi connectivity index (χ2n) is 8.10. The van der Waals surface area contributed by atoms with Gasteiger partial charge < -0.3 is 9.64 Å². The van der Waals surface area contributed by atoms with Crippen LogP contribution < -0.4 is 9.64 Å². The van der Waals surface area contributed by atoms with Gasteiger partial charge in [0.15, 0.2) is 0 Å². The molecule has 0 aromatic heterocycles. The average molecular weight is 522 g/mol. The van der Waals surface area contributed by atoms with Crippen molar-refractivity contribution in [1.29, 1.82) is 0 Å². The summed E-state index contributed by atoms with van der Waals surface area (Å²) in [7, 11) is 2.05. The lowest BCUT2D eigenvalue weighted by Crippen LogP contribution is -2.20. The minimum absolute atomic E-state index is 0. The van der Waals surface area contributed by atoms with Gasteiger partial charge in [-0.15, -0.1) is 24.8 Å². The number of hydrogen-bond donors (Lipinski definition) is 0. The van der Waals surface area contributed by atoms with Crippen molar-refractivity contribution in [3.05, 3.63) is 112 Å². The summed E-state index contributed by atoms with van der Waals surface area (Å²) in [5.41, 5.74) is 3.59. The van der Waals surface area contributed by atoms with Gasteiger partial charge in [-0.25, -0.2) is 0 Å². The predicted octanol–water partition coefficient (Wildman–Crippen LogP) is 7.34. The summed E-state index contributed by atoms with van der Waals surface area (Å²) < 4.78 is 6.29. The van der Waals surface area contributed by atoms with Crippen LogP contribution in [0.4, 0.5) is 11.4 Å². The van der Waals surface area contributed by atoms with Crippen LogP contribution in [0.2, 0.25) is 0 Å². The van der Waals surface area contributed by atoms with Crippen LogP contribution in [0.5, 0.6) is 11.5 Å². The Morgan fingerprint density at radius 1 is 0.917 bits per heavy atom. The smallest absolute Gasteiger partial charge is 0.270 e. The molecule has 184 valence electrons. The molecule has 0 saturated carbocycles. The Bertz CT molecular complexity index is 1450. The number of benzene rings is 4. The van der Waals surface area contributed by atoms with E-state index >= 15 is 0 Å². The fourth-order valence-electron chi connectivity index (χ4n) is 4.14. The highest BCUT2D eigenvalue weighted by Crippen LogP contribution is 2.34. The number of nitrogens with zero attached hydrogens (tertiary/aromatic N) is 3. The predicted molar refractivity (Wildman–Crippen MR) is 152 cm³/mol. The number of nitro groups is 1. The van der Waals surface area contributed by atoms with Crippen molar-refractivity contribution in [1.82, 2.24) is 0 Å². The van der Waals surface area contributed by atoms with E-state index in [1.807, 2.05) is 72.8 Å². The van der Waals surface area contributed by atoms with Gasteiger partial charge in [0, 0.05) is 47.9 Å². The van der Waals surface area contributed by atoms with Gasteiger partial charge in [0.25, 0.3) is 5.69 Å². The largest absolute Gasteiger partial charge is 0.456 e. The lowest BCUT2D eigenvalue weighted by atomic mass is 10.0. The Morgan fingerprint density at radius 3 is 2.50 bits per heavy atom. The molecule has 0 N–H and O–H groups in total. The number of aliphatic imine (C=N–C) groups is 1. The maximum Gasteiger partial charge on any atom is 0.270 e. The minimum atomic E-state index is -0.396. The molecule has 0 radical (unpaired) electrons. The summed E-state index contributed by atoms with van der Waals surface area (Å²) >= 11 is 0. The number of rotatable bonds is 5. The lowest BCUT2D eigenvalue weighted by Gasteiger charge is -2.18. The highest BCUT2D eigenvalue weighted by Gasteiger charge is 2.15. The molecule has 1 aliphatic rings. The Morgan fingerprint density at radius 2 is 1.67 bits per heavy atom. The number of hydrogen-bond acceptors (Lipinski definition) is 5. The normalized spacial score (nSPS) is 12.7. The van der Waals surface area contributed by atoms with Crippen LogP contribution in [0.15, 0.2) is 96.0 Å². The number of ether oxygens (including phenoxy) is 1. The molecular formula is C28H25Cl2N3O3. The molecule has 0 aliphatic carbocycles. The third kappa shape index (κ3) is 5.51. The topological polar surface area (TPSA) is 68.0 Å². The van der Waals surface area contributed by atoms with Crippen molar-refractivity contribution < 1.29 is 9.66 Å². The Hall–Kier alpha value is -3.87. The maximum atomic E-state index is 11.5. The fourth-order valence-corrected chi connectivity index (χ4v) is 4.14. The molecule has 36 heavy (non-hydrogen) atoms. The molecule has 0 fully saturated rings. The molecule has 4 aromatic rings. The van der Waals surface area contributed by atoms with Gasteiger partial charge in [-0.05, 0) is 35.7 Å². The summed E-state index contributed by atoms with van der Waals surface area (Å²) in [6.45, 7) is 1.49. The zero-order chi connectivity index (χ0) is 23.5. The molecule has 0 unspecified atom stereocenters. The summed E-state index contributed by atoms with van der Waals surface area (Å²) in [5, 5.41) is 13.5. The molecule has 1 aliphatic heterocycles. The van der Waals surface area contributed by atoms with Crippen molar-refractivity contribution in [2.45, 2.75) is 0 Å². The first-order valence-corrected chi connectivity index (χ1v) is 11.1. The second-order valence-corrected chi connectivity index (χ2v) is 8.10. The molecule has 0 atom stereocenters. The number of anilines is 1. The minimum Gasteiger partial charge on any atom is -0.456 e. The molecule has 6 nitrogen and oxygen atoms in total. The van der Waals surface area contributed by atoms with Crippen molar-refractivity contribution in [3.8, 4) is 11.5 Å². The van der Waals surface area contributed by atoms with Crippen molar-refractivity contribution in [3.63, 3.8) is 0 Å². The van der Waals surface area contributed by atoms with Crippen LogP contribution in [0, 0.1) is 10.1 Å². The van der Waals surface area contributed by atoms with Crippen molar-refractivity contribution in [2.75, 3.05) is 25.0 Å². The molecule has 0 saturated heterocycles. The Balaban J connectivity index is 0.00000180. The van der Waals surface area contributed by atoms with E-state index in [1.54, 1.807) is 6.07 Å². The quantitative estimate of drug-likeness (QED) is 0.203. The van der Waals surface area contributed by atoms with Crippen LogP contribution in [0.1, 0.15) is 11.1 Å². The number of para-hydroxylation sites is 1. The fraction of sp³-hybridized carbons (Fsp3) is 0.107. The summed E-state index contributed by atoms with van der Waals surface area (Å²) in [4.78, 5) is 18.0. The molecule has 0 bridgehead atoms. The highest BCUT2D eigenvalue weighted by atomic mass is 35.5. The first-order chi connectivity index (χ1) is 16.6. The monoisotopic (exact) mass is 521 g/mol. The number of halogens is 2. The number of non-ortho nitro benzene ring substituents is 1. The van der Waals surface area contributed by atoms with Crippen molar-refractivity contribution in [2.24, 2.45) is 4.99 Å². The van der Waals surface area contributed by atoms with Crippen LogP contribution in [0.3, 0.4) is 0 Å². The van der Waals surface area contributed by atoms with Crippen LogP contribution >= 0.6 is 24.8 Å². The summed E-state index contributed by atoms with van der Waals surface area (Å²) in [5.74, 6) is 1.23. The van der Waals surface area contributed by atoms with Gasteiger partial charge in [0.2, 0.25) is 0 Å². The number of allylic oxidation sites excluding steroid dienone is 1. The van der Waals surface area contributed by atoms with E-state index in [0.29, 0.717) is 23.6 Å². The molecule has 1 heterocycles. The van der Waals surface area contributed by atoms with Crippen LogP contribution in [-0.4, -0.2) is 30.8 Å². The van der Waals surface area contributed by atoms with Gasteiger partial charge in [-0.2, -0.15) is 0 Å². The molecule has 8 heteroatoms. The van der Waals surface area contributed by atoms with Gasteiger partial charge in [0.1, 0.15) is 11.5 Å². The SMILES string of the molecule is CN1CCN=C(C=Cc2cc([N+](=O)[O-])ccc2Oc2cccc3ccccc23)c2ccccc21.Cl.Cl. The lowest BCUT2D eigenvalue weighted by molar-refractivity contribution is -0.384. The van der Waals surface area contributed by atoms with Crippen LogP contribution in [-0.2, 0) is 0 Å². The third-order valence-corrected chi connectivity index (χ3v) is 5.90. The highest BCUT2D eigenvalue weighted by molar-refractivity contribution is 6.14. The second kappa shape index (κ2) is 11.7. The molecule has 0 spiro atoms. The van der Waals surface area contributed by atoms with E-state index in [1.165, 1.54) is 12.1 Å². The van der Waals surface area contributed by atoms with Gasteiger partial charge in [0.05, 0.1) is 17.2 Å². The van der Waals surface area contributed by atoms with Gasteiger partial charge in [-0.3, -0.25) is 15.1 Å². The Labute approximate surface area is 221 Å². The number of likely N-dealkylation sites (N-methyl/N-ethyl adjacent to an activating group) is 1. The standard InChI is InChI=1S/C28H23N3O3.2ClH/c1-30-18-17-29-25(24-10-4-5-11-26(24)30)15-13-21-19-22(31(32)33)14-16-27(21)34-28-12-6-8-20-7-2-3-9-23(20)28;;/h2-16,19H,17-18H2,1H3;2*1H. The zero-order valence-electron chi connectivity index (χ0n) is 19.5. The third-order valence-electron chi connectivity index (χ3n) is 5.90. The average Bonchev–Trinajstić information content (AvgIpc) is 3.02. The van der Waals surface area contributed by atoms with E-state index in [2.05, 4.69) is 18.0 Å². The number of benzodiazepines with no additional fused rings is 1. The number of nitro benzene ring substituents is 1. The van der Waals surface area contributed by atoms with E-state index < -0.39 is 4.92 Å². The van der Waals surface area contributed by atoms with Crippen molar-refractivity contribution >= 4 is 58.7 Å². The summed E-state index contributed by atoms with van der Waals surface area (Å²) in [6, 6.07) is 26.6. The van der Waals surface area contributed by atoms with E-state index in [9.17, 15) is 10.1 Å².